The first kappa shape index (κ1) is 21.5. The molecule has 0 unspecified atom stereocenters. The maximum Gasteiger partial charge on any atom is 0.270 e. The predicted molar refractivity (Wildman–Crippen MR) is 115 cm³/mol. The molecule has 0 spiro atoms. The highest BCUT2D eigenvalue weighted by Gasteiger charge is 2.27. The molecule has 3 rings (SSSR count). The van der Waals surface area contributed by atoms with Crippen LogP contribution >= 0.6 is 0 Å². The van der Waals surface area contributed by atoms with Crippen molar-refractivity contribution < 1.29 is 17.8 Å². The number of hydrogen-bond donors (Lipinski definition) is 1. The van der Waals surface area contributed by atoms with Gasteiger partial charge in [0.1, 0.15) is 16.2 Å². The molecule has 0 aliphatic heterocycles. The summed E-state index contributed by atoms with van der Waals surface area (Å²) in [7, 11) is -3.95. The van der Waals surface area contributed by atoms with Crippen LogP contribution in [0.15, 0.2) is 62.9 Å². The van der Waals surface area contributed by atoms with Crippen LogP contribution in [-0.2, 0) is 10.0 Å². The summed E-state index contributed by atoms with van der Waals surface area (Å²) in [5, 5.41) is 16.3. The minimum atomic E-state index is -3.95. The highest BCUT2D eigenvalue weighted by molar-refractivity contribution is 7.89. The second-order valence-corrected chi connectivity index (χ2v) is 8.39. The van der Waals surface area contributed by atoms with Crippen molar-refractivity contribution in [3.05, 3.63) is 64.4 Å². The fourth-order valence-electron chi connectivity index (χ4n) is 2.99. The minimum absolute atomic E-state index is 0.142. The molecule has 1 N–H and O–H groups in total. The second kappa shape index (κ2) is 8.64. The molecular formula is C20H22N4O5S. The highest BCUT2D eigenvalue weighted by atomic mass is 32.2. The largest absolute Gasteiger partial charge is 0.455 e. The SMILES string of the molecule is CCN(CC)S(=O)(=O)c1cc([N+](=O)[O-])ccc1N/N=C(\C)c1cc2ccccc2o1. The van der Waals surface area contributed by atoms with E-state index in [-0.39, 0.29) is 29.4 Å². The standard InChI is InChI=1S/C20H22N4O5S/c1-4-23(5-2)30(27,28)20-13-16(24(25)26)10-11-17(20)22-21-14(3)19-12-15-8-6-7-9-18(15)29-19/h6-13,22H,4-5H2,1-3H3/b21-14+. The number of hydrogen-bond acceptors (Lipinski definition) is 7. The van der Waals surface area contributed by atoms with Gasteiger partial charge in [0.05, 0.1) is 10.6 Å². The van der Waals surface area contributed by atoms with Crippen molar-refractivity contribution in [2.24, 2.45) is 5.10 Å². The van der Waals surface area contributed by atoms with Gasteiger partial charge in [-0.3, -0.25) is 15.5 Å². The van der Waals surface area contributed by atoms with E-state index in [0.717, 1.165) is 11.5 Å². The number of anilines is 1. The van der Waals surface area contributed by atoms with Gasteiger partial charge in [0, 0.05) is 30.6 Å². The second-order valence-electron chi connectivity index (χ2n) is 6.48. The van der Waals surface area contributed by atoms with Gasteiger partial charge in [0.2, 0.25) is 10.0 Å². The number of rotatable bonds is 8. The van der Waals surface area contributed by atoms with Crippen LogP contribution in [0.3, 0.4) is 0 Å². The fraction of sp³-hybridized carbons (Fsp3) is 0.250. The highest BCUT2D eigenvalue weighted by Crippen LogP contribution is 2.29. The third-order valence-corrected chi connectivity index (χ3v) is 6.72. The number of benzene rings is 2. The smallest absolute Gasteiger partial charge is 0.270 e. The number of nitrogens with zero attached hydrogens (tertiary/aromatic N) is 3. The summed E-state index contributed by atoms with van der Waals surface area (Å²) in [4.78, 5) is 10.3. The molecule has 0 radical (unpaired) electrons. The number of nitro groups is 1. The maximum atomic E-state index is 13.0. The predicted octanol–water partition coefficient (Wildman–Crippen LogP) is 4.21. The summed E-state index contributed by atoms with van der Waals surface area (Å²) < 4.78 is 33.0. The maximum absolute atomic E-state index is 13.0. The van der Waals surface area contributed by atoms with Gasteiger partial charge < -0.3 is 4.42 Å². The molecule has 0 saturated heterocycles. The molecule has 1 aromatic heterocycles. The molecular weight excluding hydrogens is 408 g/mol. The average Bonchev–Trinajstić information content (AvgIpc) is 3.17. The number of nitrogens with one attached hydrogen (secondary N) is 1. The zero-order chi connectivity index (χ0) is 21.9. The van der Waals surface area contributed by atoms with Gasteiger partial charge in [0.25, 0.3) is 5.69 Å². The van der Waals surface area contributed by atoms with E-state index < -0.39 is 14.9 Å². The van der Waals surface area contributed by atoms with Gasteiger partial charge >= 0.3 is 0 Å². The summed E-state index contributed by atoms with van der Waals surface area (Å²) in [6, 6.07) is 13.0. The quantitative estimate of drug-likeness (QED) is 0.325. The topological polar surface area (TPSA) is 118 Å². The number of fused-ring (bicyclic) bond motifs is 1. The molecule has 0 saturated carbocycles. The monoisotopic (exact) mass is 430 g/mol. The molecule has 0 bridgehead atoms. The van der Waals surface area contributed by atoms with Crippen LogP contribution < -0.4 is 5.43 Å². The summed E-state index contributed by atoms with van der Waals surface area (Å²) in [6.07, 6.45) is 0. The normalized spacial score (nSPS) is 12.5. The van der Waals surface area contributed by atoms with Crippen molar-refractivity contribution in [2.45, 2.75) is 25.7 Å². The Morgan fingerprint density at radius 2 is 1.87 bits per heavy atom. The minimum Gasteiger partial charge on any atom is -0.455 e. The van der Waals surface area contributed by atoms with Gasteiger partial charge in [-0.2, -0.15) is 9.41 Å². The molecule has 9 nitrogen and oxygen atoms in total. The Morgan fingerprint density at radius 3 is 2.50 bits per heavy atom. The van der Waals surface area contributed by atoms with Crippen molar-refractivity contribution in [3.63, 3.8) is 0 Å². The Bertz CT molecular complexity index is 1180. The van der Waals surface area contributed by atoms with Crippen LogP contribution in [-0.4, -0.2) is 36.4 Å². The molecule has 2 aromatic carbocycles. The third-order valence-electron chi connectivity index (χ3n) is 4.63. The van der Waals surface area contributed by atoms with Crippen LogP contribution in [0, 0.1) is 10.1 Å². The molecule has 3 aromatic rings. The first-order valence-corrected chi connectivity index (χ1v) is 10.8. The number of sulfonamides is 1. The molecule has 0 aliphatic carbocycles. The van der Waals surface area contributed by atoms with Crippen molar-refractivity contribution in [1.29, 1.82) is 0 Å². The summed E-state index contributed by atoms with van der Waals surface area (Å²) in [6.45, 7) is 5.60. The van der Waals surface area contributed by atoms with E-state index in [9.17, 15) is 18.5 Å². The van der Waals surface area contributed by atoms with E-state index in [4.69, 9.17) is 4.42 Å². The Hall–Kier alpha value is -3.24. The fourth-order valence-corrected chi connectivity index (χ4v) is 4.61. The molecule has 30 heavy (non-hydrogen) atoms. The van der Waals surface area contributed by atoms with Gasteiger partial charge in [0.15, 0.2) is 5.76 Å². The van der Waals surface area contributed by atoms with Crippen molar-refractivity contribution in [1.82, 2.24) is 4.31 Å². The van der Waals surface area contributed by atoms with Crippen LogP contribution in [0.25, 0.3) is 11.0 Å². The van der Waals surface area contributed by atoms with E-state index >= 15 is 0 Å². The molecule has 0 aliphatic rings. The zero-order valence-corrected chi connectivity index (χ0v) is 17.6. The summed E-state index contributed by atoms with van der Waals surface area (Å²) in [5.74, 6) is 0.527. The number of non-ortho nitro benzene ring substituents is 1. The lowest BCUT2D eigenvalue weighted by molar-refractivity contribution is -0.385. The lowest BCUT2D eigenvalue weighted by atomic mass is 10.2. The number of nitro benzene ring substituents is 1. The van der Waals surface area contributed by atoms with Crippen molar-refractivity contribution >= 4 is 38.1 Å². The zero-order valence-electron chi connectivity index (χ0n) is 16.8. The average molecular weight is 430 g/mol. The number of para-hydroxylation sites is 1. The van der Waals surface area contributed by atoms with E-state index in [1.807, 2.05) is 30.3 Å². The van der Waals surface area contributed by atoms with Crippen molar-refractivity contribution in [2.75, 3.05) is 18.5 Å². The molecule has 0 amide bonds. The van der Waals surface area contributed by atoms with Crippen LogP contribution in [0.4, 0.5) is 11.4 Å². The van der Waals surface area contributed by atoms with Crippen LogP contribution in [0.5, 0.6) is 0 Å². The Balaban J connectivity index is 2.00. The number of hydrazone groups is 1. The number of furan rings is 1. The molecule has 10 heteroatoms. The summed E-state index contributed by atoms with van der Waals surface area (Å²) in [5.41, 5.74) is 3.76. The Kier molecular flexibility index (Phi) is 6.18. The molecule has 158 valence electrons. The van der Waals surface area contributed by atoms with E-state index in [2.05, 4.69) is 10.5 Å². The lowest BCUT2D eigenvalue weighted by Crippen LogP contribution is -2.31. The first-order valence-electron chi connectivity index (χ1n) is 9.35. The molecule has 0 fully saturated rings. The van der Waals surface area contributed by atoms with E-state index in [0.29, 0.717) is 17.1 Å². The summed E-state index contributed by atoms with van der Waals surface area (Å²) >= 11 is 0. The van der Waals surface area contributed by atoms with Gasteiger partial charge in [-0.1, -0.05) is 32.0 Å². The van der Waals surface area contributed by atoms with E-state index in [1.165, 1.54) is 16.4 Å². The molecule has 1 heterocycles. The van der Waals surface area contributed by atoms with Crippen LogP contribution in [0.2, 0.25) is 0 Å². The van der Waals surface area contributed by atoms with Crippen molar-refractivity contribution in [3.8, 4) is 0 Å². The molecule has 0 atom stereocenters. The van der Waals surface area contributed by atoms with Gasteiger partial charge in [-0.25, -0.2) is 8.42 Å². The van der Waals surface area contributed by atoms with Gasteiger partial charge in [-0.15, -0.1) is 0 Å². The van der Waals surface area contributed by atoms with Crippen LogP contribution in [0.1, 0.15) is 26.5 Å². The Morgan fingerprint density at radius 1 is 1.17 bits per heavy atom. The Labute approximate surface area is 174 Å². The van der Waals surface area contributed by atoms with E-state index in [1.54, 1.807) is 20.8 Å². The lowest BCUT2D eigenvalue weighted by Gasteiger charge is -2.20. The third kappa shape index (κ3) is 4.19. The first-order chi connectivity index (χ1) is 14.3. The van der Waals surface area contributed by atoms with Gasteiger partial charge in [-0.05, 0) is 25.1 Å².